The van der Waals surface area contributed by atoms with Crippen LogP contribution < -0.4 is 10.6 Å². The van der Waals surface area contributed by atoms with Crippen LogP contribution in [0.15, 0.2) is 54.6 Å². The van der Waals surface area contributed by atoms with Gasteiger partial charge >= 0.3 is 6.09 Å². The molecular formula is C35H49N3O4. The third-order valence-electron chi connectivity index (χ3n) is 6.90. The van der Waals surface area contributed by atoms with E-state index in [1.54, 1.807) is 49.9 Å². The van der Waals surface area contributed by atoms with Crippen molar-refractivity contribution in [3.63, 3.8) is 0 Å². The largest absolute Gasteiger partial charge is 0.444 e. The molecule has 0 bridgehead atoms. The standard InChI is InChI=1S/C35H49N3O4/c1-8-10-11-12-13-17-24-38(33(40)30(26(3)4)37-34(41)42-35(5,6)7)31(29-22-20-27(9-2)21-23-29)32(39)36-25-28-18-15-14-16-19-28/h2,14-16,18-23,26,30-31H,8,10-13,17,24-25H2,1,3-7H3,(H,36,39)(H,37,41). The quantitative estimate of drug-likeness (QED) is 0.181. The van der Waals surface area contributed by atoms with E-state index in [0.717, 1.165) is 37.7 Å². The molecule has 42 heavy (non-hydrogen) atoms. The highest BCUT2D eigenvalue weighted by Crippen LogP contribution is 2.26. The highest BCUT2D eigenvalue weighted by atomic mass is 16.6. The number of ether oxygens (including phenoxy) is 1. The van der Waals surface area contributed by atoms with Gasteiger partial charge in [0.2, 0.25) is 11.8 Å². The van der Waals surface area contributed by atoms with Crippen LogP contribution in [0.1, 0.15) is 103 Å². The second kappa shape index (κ2) is 17.2. The molecule has 7 nitrogen and oxygen atoms in total. The average Bonchev–Trinajstić information content (AvgIpc) is 2.95. The van der Waals surface area contributed by atoms with Crippen molar-refractivity contribution in [2.75, 3.05) is 6.54 Å². The molecule has 3 amide bonds. The molecule has 0 heterocycles. The number of unbranched alkanes of at least 4 members (excludes halogenated alkanes) is 5. The van der Waals surface area contributed by atoms with E-state index in [1.807, 2.05) is 44.2 Å². The van der Waals surface area contributed by atoms with Crippen LogP contribution in [0.25, 0.3) is 0 Å². The van der Waals surface area contributed by atoms with E-state index in [0.29, 0.717) is 24.2 Å². The van der Waals surface area contributed by atoms with Crippen LogP contribution in [0.4, 0.5) is 4.79 Å². The first kappa shape index (κ1) is 34.4. The Labute approximate surface area is 252 Å². The lowest BCUT2D eigenvalue weighted by atomic mass is 9.97. The molecular weight excluding hydrogens is 526 g/mol. The normalized spacial score (nSPS) is 12.6. The van der Waals surface area contributed by atoms with Gasteiger partial charge in [-0.05, 0) is 56.4 Å². The zero-order valence-electron chi connectivity index (χ0n) is 26.2. The lowest BCUT2D eigenvalue weighted by molar-refractivity contribution is -0.143. The summed E-state index contributed by atoms with van der Waals surface area (Å²) in [5.41, 5.74) is 1.57. The Morgan fingerprint density at radius 2 is 1.55 bits per heavy atom. The molecule has 0 saturated heterocycles. The van der Waals surface area contributed by atoms with Crippen LogP contribution in [0.3, 0.4) is 0 Å². The second-order valence-corrected chi connectivity index (χ2v) is 12.0. The maximum atomic E-state index is 14.3. The molecule has 2 aromatic rings. The van der Waals surface area contributed by atoms with Gasteiger partial charge in [0.05, 0.1) is 0 Å². The number of benzene rings is 2. The molecule has 2 unspecified atom stereocenters. The van der Waals surface area contributed by atoms with Gasteiger partial charge in [-0.1, -0.05) is 101 Å². The van der Waals surface area contributed by atoms with Crippen molar-refractivity contribution in [2.45, 2.75) is 104 Å². The first-order chi connectivity index (χ1) is 20.0. The van der Waals surface area contributed by atoms with Crippen molar-refractivity contribution in [1.82, 2.24) is 15.5 Å². The van der Waals surface area contributed by atoms with Crippen molar-refractivity contribution >= 4 is 17.9 Å². The molecule has 0 aromatic heterocycles. The first-order valence-electron chi connectivity index (χ1n) is 15.1. The number of rotatable bonds is 15. The zero-order valence-corrected chi connectivity index (χ0v) is 26.2. The minimum absolute atomic E-state index is 0.242. The minimum Gasteiger partial charge on any atom is -0.444 e. The van der Waals surface area contributed by atoms with E-state index in [4.69, 9.17) is 11.2 Å². The molecule has 228 valence electrons. The number of hydrogen-bond acceptors (Lipinski definition) is 4. The molecule has 0 aliphatic carbocycles. The summed E-state index contributed by atoms with van der Waals surface area (Å²) in [7, 11) is 0. The number of amides is 3. The highest BCUT2D eigenvalue weighted by molar-refractivity contribution is 5.92. The van der Waals surface area contributed by atoms with Crippen LogP contribution in [0.5, 0.6) is 0 Å². The molecule has 0 radical (unpaired) electrons. The van der Waals surface area contributed by atoms with Gasteiger partial charge in [0, 0.05) is 18.7 Å². The van der Waals surface area contributed by atoms with Crippen LogP contribution >= 0.6 is 0 Å². The smallest absolute Gasteiger partial charge is 0.408 e. The van der Waals surface area contributed by atoms with Gasteiger partial charge in [-0.25, -0.2) is 4.79 Å². The molecule has 7 heteroatoms. The van der Waals surface area contributed by atoms with Gasteiger partial charge < -0.3 is 20.3 Å². The summed E-state index contributed by atoms with van der Waals surface area (Å²) in [4.78, 5) is 42.6. The average molecular weight is 576 g/mol. The first-order valence-corrected chi connectivity index (χ1v) is 15.1. The molecule has 2 rings (SSSR count). The monoisotopic (exact) mass is 575 g/mol. The Kier molecular flexibility index (Phi) is 14.1. The minimum atomic E-state index is -0.912. The highest BCUT2D eigenvalue weighted by Gasteiger charge is 2.37. The second-order valence-electron chi connectivity index (χ2n) is 12.0. The fourth-order valence-corrected chi connectivity index (χ4v) is 4.67. The van der Waals surface area contributed by atoms with Crippen LogP contribution in [0.2, 0.25) is 0 Å². The molecule has 2 atom stereocenters. The number of carbonyl (C=O) groups is 3. The Bertz CT molecular complexity index is 1160. The van der Waals surface area contributed by atoms with E-state index in [2.05, 4.69) is 23.5 Å². The number of alkyl carbamates (subject to hydrolysis) is 1. The third-order valence-corrected chi connectivity index (χ3v) is 6.90. The summed E-state index contributed by atoms with van der Waals surface area (Å²) in [5.74, 6) is 1.74. The van der Waals surface area contributed by atoms with Gasteiger partial charge in [0.15, 0.2) is 0 Å². The Balaban J connectivity index is 2.45. The zero-order chi connectivity index (χ0) is 31.1. The van der Waals surface area contributed by atoms with E-state index in [-0.39, 0.29) is 17.7 Å². The van der Waals surface area contributed by atoms with Crippen molar-refractivity contribution in [1.29, 1.82) is 0 Å². The summed E-state index contributed by atoms with van der Waals surface area (Å²) in [6.07, 6.45) is 11.1. The molecule has 0 aliphatic heterocycles. The van der Waals surface area contributed by atoms with Crippen molar-refractivity contribution < 1.29 is 19.1 Å². The van der Waals surface area contributed by atoms with Crippen molar-refractivity contribution in [3.8, 4) is 12.3 Å². The third kappa shape index (κ3) is 11.6. The maximum absolute atomic E-state index is 14.3. The molecule has 0 fully saturated rings. The molecule has 0 spiro atoms. The fraction of sp³-hybridized carbons (Fsp3) is 0.514. The topological polar surface area (TPSA) is 87.7 Å². The Morgan fingerprint density at radius 3 is 2.12 bits per heavy atom. The number of nitrogens with zero attached hydrogens (tertiary/aromatic N) is 1. The Morgan fingerprint density at radius 1 is 0.929 bits per heavy atom. The SMILES string of the molecule is C#Cc1ccc(C(C(=O)NCc2ccccc2)N(CCCCCCCC)C(=O)C(NC(=O)OC(C)(C)C)C(C)C)cc1. The fourth-order valence-electron chi connectivity index (χ4n) is 4.67. The predicted octanol–water partition coefficient (Wildman–Crippen LogP) is 6.76. The summed E-state index contributed by atoms with van der Waals surface area (Å²) < 4.78 is 5.47. The van der Waals surface area contributed by atoms with Crippen molar-refractivity contribution in [3.05, 3.63) is 71.3 Å². The number of nitrogens with one attached hydrogen (secondary N) is 2. The summed E-state index contributed by atoms with van der Waals surface area (Å²) in [6, 6.07) is 15.0. The molecule has 2 aromatic carbocycles. The van der Waals surface area contributed by atoms with Gasteiger partial charge in [-0.15, -0.1) is 6.42 Å². The van der Waals surface area contributed by atoms with E-state index < -0.39 is 23.8 Å². The maximum Gasteiger partial charge on any atom is 0.408 e. The van der Waals surface area contributed by atoms with Gasteiger partial charge in [0.1, 0.15) is 17.7 Å². The van der Waals surface area contributed by atoms with E-state index in [9.17, 15) is 14.4 Å². The predicted molar refractivity (Wildman–Crippen MR) is 168 cm³/mol. The summed E-state index contributed by atoms with van der Waals surface area (Å²) in [6.45, 7) is 11.9. The van der Waals surface area contributed by atoms with Crippen molar-refractivity contribution in [2.24, 2.45) is 5.92 Å². The Hall–Kier alpha value is -3.79. The summed E-state index contributed by atoms with van der Waals surface area (Å²) >= 11 is 0. The van der Waals surface area contributed by atoms with Gasteiger partial charge in [-0.3, -0.25) is 9.59 Å². The van der Waals surface area contributed by atoms with Crippen LogP contribution in [-0.4, -0.2) is 41.0 Å². The lowest BCUT2D eigenvalue weighted by Crippen LogP contribution is -2.55. The van der Waals surface area contributed by atoms with Crippen LogP contribution in [-0.2, 0) is 20.9 Å². The molecule has 0 saturated carbocycles. The molecule has 2 N–H and O–H groups in total. The lowest BCUT2D eigenvalue weighted by Gasteiger charge is -2.35. The van der Waals surface area contributed by atoms with Gasteiger partial charge in [0.25, 0.3) is 0 Å². The van der Waals surface area contributed by atoms with Crippen LogP contribution in [0, 0.1) is 18.3 Å². The van der Waals surface area contributed by atoms with E-state index in [1.165, 1.54) is 6.42 Å². The summed E-state index contributed by atoms with van der Waals surface area (Å²) in [5, 5.41) is 5.82. The molecule has 0 aliphatic rings. The number of hydrogen-bond donors (Lipinski definition) is 2. The van der Waals surface area contributed by atoms with E-state index >= 15 is 0 Å². The number of carbonyl (C=O) groups excluding carboxylic acids is 3. The number of terminal acetylenes is 1. The van der Waals surface area contributed by atoms with Gasteiger partial charge in [-0.2, -0.15) is 0 Å².